The zero-order chi connectivity index (χ0) is 15.0. The Morgan fingerprint density at radius 3 is 2.00 bits per heavy atom. The molecule has 0 atom stereocenters. The molecule has 0 aliphatic rings. The topological polar surface area (TPSA) is 0 Å². The molecule has 4 aromatic rings. The summed E-state index contributed by atoms with van der Waals surface area (Å²) in [6, 6.07) is 33.3. The molecule has 4 aromatic carbocycles. The van der Waals surface area contributed by atoms with Crippen molar-refractivity contribution in [1.82, 2.24) is 0 Å². The van der Waals surface area contributed by atoms with Crippen LogP contribution in [0.3, 0.4) is 0 Å². The Balaban J connectivity index is 0.000000430. The molecule has 0 unspecified atom stereocenters. The van der Waals surface area contributed by atoms with E-state index in [1.165, 1.54) is 21.9 Å². The summed E-state index contributed by atoms with van der Waals surface area (Å²) in [6.07, 6.45) is 4.24. The maximum atomic E-state index is 2.12. The fourth-order valence-electron chi connectivity index (χ4n) is 2.33. The molecule has 25 heavy (non-hydrogen) atoms. The zero-order valence-electron chi connectivity index (χ0n) is 13.6. The van der Waals surface area contributed by atoms with E-state index in [0.29, 0.717) is 0 Å². The molecule has 0 aromatic heterocycles. The van der Waals surface area contributed by atoms with Crippen LogP contribution in [0.2, 0.25) is 0 Å². The number of hydrogen-bond acceptors (Lipinski definition) is 0. The number of benzene rings is 2. The maximum absolute atomic E-state index is 2.12. The third-order valence-electron chi connectivity index (χ3n) is 3.50. The number of fused-ring (bicyclic) bond motifs is 1. The van der Waals surface area contributed by atoms with Gasteiger partial charge in [0, 0.05) is 0 Å². The van der Waals surface area contributed by atoms with Crippen LogP contribution in [-0.2, 0) is 26.2 Å². The van der Waals surface area contributed by atoms with Crippen LogP contribution >= 0.6 is 0 Å². The van der Waals surface area contributed by atoms with Gasteiger partial charge in [-0.3, -0.25) is 0 Å². The van der Waals surface area contributed by atoms with Crippen LogP contribution in [-0.4, -0.2) is 0 Å². The van der Waals surface area contributed by atoms with Gasteiger partial charge in [0.1, 0.15) is 0 Å². The molecule has 0 bridgehead atoms. The zero-order valence-corrected chi connectivity index (χ0v) is 17.6. The SMILES string of the molecule is C(=Cc1cc[cH-]c1)c1ccccc1.[Cl-].[Cl-].[Zr+4].c1ccc2[cH-]ccc2c1. The smallest absolute Gasteiger partial charge is 1.00 e. The molecule has 0 aliphatic carbocycles. The Labute approximate surface area is 181 Å². The van der Waals surface area contributed by atoms with Gasteiger partial charge in [-0.2, -0.15) is 41.3 Å². The van der Waals surface area contributed by atoms with Crippen LogP contribution < -0.4 is 24.8 Å². The van der Waals surface area contributed by atoms with Crippen LogP contribution in [0.4, 0.5) is 0 Å². The standard InChI is InChI=1S/C13H11.C9H7.2ClH.Zr/c1-2-6-12(7-3-1)10-11-13-8-4-5-9-13;1-2-5-9-7-3-6-8(9)4-1;;;/h1-11H;1-7H;2*1H;/q2*-1;;;+4/p-2. The van der Waals surface area contributed by atoms with Crippen LogP contribution in [0.25, 0.3) is 22.9 Å². The first-order valence-corrected chi connectivity index (χ1v) is 7.47. The molecule has 4 rings (SSSR count). The number of hydrogen-bond donors (Lipinski definition) is 0. The van der Waals surface area contributed by atoms with Crippen molar-refractivity contribution in [1.29, 1.82) is 0 Å². The Hall–Kier alpha value is -1.40. The van der Waals surface area contributed by atoms with E-state index < -0.39 is 0 Å². The average Bonchev–Trinajstić information content (AvgIpc) is 3.26. The van der Waals surface area contributed by atoms with Gasteiger partial charge in [0.15, 0.2) is 0 Å². The molecule has 0 aliphatic heterocycles. The fraction of sp³-hybridized carbons (Fsp3) is 0. The summed E-state index contributed by atoms with van der Waals surface area (Å²) in [4.78, 5) is 0. The molecule has 0 saturated heterocycles. The van der Waals surface area contributed by atoms with Crippen molar-refractivity contribution in [3.8, 4) is 0 Å². The summed E-state index contributed by atoms with van der Waals surface area (Å²) < 4.78 is 0. The summed E-state index contributed by atoms with van der Waals surface area (Å²) in [5.74, 6) is 0. The minimum absolute atomic E-state index is 0. The molecule has 0 amide bonds. The van der Waals surface area contributed by atoms with Crippen molar-refractivity contribution in [2.24, 2.45) is 0 Å². The molecular weight excluding hydrogens is 426 g/mol. The normalized spacial score (nSPS) is 9.28. The Morgan fingerprint density at radius 1 is 0.640 bits per heavy atom. The van der Waals surface area contributed by atoms with Gasteiger partial charge in [-0.1, -0.05) is 42.5 Å². The van der Waals surface area contributed by atoms with Crippen molar-refractivity contribution in [2.75, 3.05) is 0 Å². The largest absolute Gasteiger partial charge is 4.00 e. The molecule has 0 nitrogen and oxygen atoms in total. The second-order valence-corrected chi connectivity index (χ2v) is 5.12. The Morgan fingerprint density at radius 2 is 1.32 bits per heavy atom. The third-order valence-corrected chi connectivity index (χ3v) is 3.50. The second-order valence-electron chi connectivity index (χ2n) is 5.12. The molecule has 3 heteroatoms. The van der Waals surface area contributed by atoms with Gasteiger partial charge < -0.3 is 24.8 Å². The molecule has 124 valence electrons. The summed E-state index contributed by atoms with van der Waals surface area (Å²) in [7, 11) is 0. The van der Waals surface area contributed by atoms with Gasteiger partial charge in [0.2, 0.25) is 0 Å². The third kappa shape index (κ3) is 7.57. The minimum Gasteiger partial charge on any atom is -1.00 e. The summed E-state index contributed by atoms with van der Waals surface area (Å²) in [6.45, 7) is 0. The maximum Gasteiger partial charge on any atom is 4.00 e. The van der Waals surface area contributed by atoms with E-state index >= 15 is 0 Å². The molecular formula is C22H18Cl2Zr. The van der Waals surface area contributed by atoms with Crippen molar-refractivity contribution >= 4 is 22.9 Å². The van der Waals surface area contributed by atoms with Gasteiger partial charge in [-0.05, 0) is 5.56 Å². The van der Waals surface area contributed by atoms with Crippen LogP contribution in [0.1, 0.15) is 11.1 Å². The van der Waals surface area contributed by atoms with Crippen molar-refractivity contribution in [2.45, 2.75) is 0 Å². The average molecular weight is 445 g/mol. The van der Waals surface area contributed by atoms with Gasteiger partial charge >= 0.3 is 26.2 Å². The minimum atomic E-state index is 0. The molecule has 0 spiro atoms. The molecule has 0 saturated carbocycles. The van der Waals surface area contributed by atoms with Gasteiger partial charge in [0.05, 0.1) is 0 Å². The second kappa shape index (κ2) is 12.9. The molecule has 0 radical (unpaired) electrons. The van der Waals surface area contributed by atoms with Gasteiger partial charge in [0.25, 0.3) is 0 Å². The predicted octanol–water partition coefficient (Wildman–Crippen LogP) is 0.140. The quantitative estimate of drug-likeness (QED) is 0.386. The van der Waals surface area contributed by atoms with E-state index in [4.69, 9.17) is 0 Å². The Bertz CT molecular complexity index is 801. The van der Waals surface area contributed by atoms with E-state index in [1.54, 1.807) is 0 Å². The van der Waals surface area contributed by atoms with E-state index in [2.05, 4.69) is 78.9 Å². The van der Waals surface area contributed by atoms with Crippen molar-refractivity contribution in [3.63, 3.8) is 0 Å². The molecule has 0 N–H and O–H groups in total. The first kappa shape index (κ1) is 23.6. The van der Waals surface area contributed by atoms with Gasteiger partial charge in [-0.15, -0.1) is 35.7 Å². The fourth-order valence-corrected chi connectivity index (χ4v) is 2.33. The van der Waals surface area contributed by atoms with Crippen molar-refractivity contribution in [3.05, 3.63) is 108 Å². The predicted molar refractivity (Wildman–Crippen MR) is 96.9 cm³/mol. The van der Waals surface area contributed by atoms with E-state index in [-0.39, 0.29) is 51.0 Å². The van der Waals surface area contributed by atoms with E-state index in [1.807, 2.05) is 30.3 Å². The summed E-state index contributed by atoms with van der Waals surface area (Å²) in [5, 5.41) is 2.66. The summed E-state index contributed by atoms with van der Waals surface area (Å²) in [5.41, 5.74) is 2.49. The first-order chi connectivity index (χ1) is 10.9. The number of halogens is 2. The first-order valence-electron chi connectivity index (χ1n) is 7.47. The monoisotopic (exact) mass is 442 g/mol. The summed E-state index contributed by atoms with van der Waals surface area (Å²) >= 11 is 0. The Kier molecular flexibility index (Phi) is 12.2. The van der Waals surface area contributed by atoms with E-state index in [9.17, 15) is 0 Å². The molecule has 0 fully saturated rings. The van der Waals surface area contributed by atoms with Crippen LogP contribution in [0, 0.1) is 0 Å². The van der Waals surface area contributed by atoms with E-state index in [0.717, 1.165) is 0 Å². The van der Waals surface area contributed by atoms with Gasteiger partial charge in [-0.25, -0.2) is 6.07 Å². The van der Waals surface area contributed by atoms with Crippen LogP contribution in [0.15, 0.2) is 97.1 Å². The molecule has 0 heterocycles. The van der Waals surface area contributed by atoms with Crippen LogP contribution in [0.5, 0.6) is 0 Å². The number of rotatable bonds is 2. The van der Waals surface area contributed by atoms with Crippen molar-refractivity contribution < 1.29 is 51.0 Å².